The maximum Gasteiger partial charge on any atom is 1.00 e. The Morgan fingerprint density at radius 2 is 0.800 bits per heavy atom. The molecule has 0 aromatic carbocycles. The molecule has 0 atom stereocenters. The fourth-order valence-electron chi connectivity index (χ4n) is 0. The number of rotatable bonds is 0. The molecule has 0 fully saturated rings. The van der Waals surface area contributed by atoms with Crippen LogP contribution in [0.1, 0.15) is 0 Å². The van der Waals surface area contributed by atoms with Gasteiger partial charge in [0.1, 0.15) is 0 Å². The van der Waals surface area contributed by atoms with Gasteiger partial charge in [0, 0.05) is 0 Å². The zero-order chi connectivity index (χ0) is 7.15. The third kappa shape index (κ3) is 29600000. The summed E-state index contributed by atoms with van der Waals surface area (Å²) < 4.78 is 0. The van der Waals surface area contributed by atoms with Crippen LogP contribution >= 0.6 is 0 Å². The smallest absolute Gasteiger partial charge is 0.369 e. The van der Waals surface area contributed by atoms with Gasteiger partial charge in [-0.05, 0) is 0 Å². The molecular formula is H4KN3O6. The first-order chi connectivity index (χ1) is 3.46. The zero-order valence-corrected chi connectivity index (χ0v) is 8.47. The van der Waals surface area contributed by atoms with Gasteiger partial charge in [0.15, 0.2) is 0 Å². The minimum absolute atomic E-state index is 0. The Kier molecular flexibility index (Phi) is 36.0. The zero-order valence-electron chi connectivity index (χ0n) is 5.34. The molecular weight excluding hydrogens is 177 g/mol. The predicted octanol–water partition coefficient (Wildman–Crippen LogP) is -3.10. The molecule has 0 radical (unpaired) electrons. The van der Waals surface area contributed by atoms with E-state index in [1.807, 2.05) is 0 Å². The third-order valence-corrected chi connectivity index (χ3v) is 0. The number of nitrogens with zero attached hydrogens (tertiary/aromatic N) is 2. The molecule has 0 aromatic rings. The summed E-state index contributed by atoms with van der Waals surface area (Å²) in [6, 6.07) is 0. The summed E-state index contributed by atoms with van der Waals surface area (Å²) in [4.78, 5) is 16.5. The van der Waals surface area contributed by atoms with Crippen LogP contribution in [-0.2, 0) is 0 Å². The Morgan fingerprint density at radius 1 is 0.800 bits per heavy atom. The molecule has 0 amide bonds. The predicted molar refractivity (Wildman–Crippen MR) is 26.7 cm³/mol. The molecule has 56 valence electrons. The van der Waals surface area contributed by atoms with Gasteiger partial charge in [-0.25, -0.2) is 0 Å². The molecule has 10 heavy (non-hydrogen) atoms. The molecule has 0 bridgehead atoms. The molecule has 0 aliphatic carbocycles. The molecule has 0 spiro atoms. The van der Waals surface area contributed by atoms with Crippen molar-refractivity contribution >= 4 is 0 Å². The van der Waals surface area contributed by atoms with Crippen LogP contribution in [0.5, 0.6) is 0 Å². The van der Waals surface area contributed by atoms with Crippen molar-refractivity contribution < 1.29 is 61.6 Å². The van der Waals surface area contributed by atoms with Crippen molar-refractivity contribution in [2.24, 2.45) is 0 Å². The van der Waals surface area contributed by atoms with Gasteiger partial charge in [-0.15, -0.1) is 0 Å². The van der Waals surface area contributed by atoms with E-state index in [2.05, 4.69) is 0 Å². The normalized spacial score (nSPS) is 4.80. The van der Waals surface area contributed by atoms with Crippen molar-refractivity contribution in [1.82, 2.24) is 6.15 Å². The molecule has 0 heterocycles. The van der Waals surface area contributed by atoms with Crippen LogP contribution in [-0.4, -0.2) is 10.2 Å². The Hall–Kier alpha value is -0.00364. The Balaban J connectivity index is -0.0000000300. The minimum Gasteiger partial charge on any atom is -0.369 e. The second-order valence-electron chi connectivity index (χ2n) is 0.447. The van der Waals surface area contributed by atoms with Crippen molar-refractivity contribution in [3.05, 3.63) is 30.6 Å². The molecule has 10 heteroatoms. The molecule has 0 rings (SSSR count). The van der Waals surface area contributed by atoms with E-state index in [-0.39, 0.29) is 57.5 Å². The fourth-order valence-corrected chi connectivity index (χ4v) is 0. The van der Waals surface area contributed by atoms with Gasteiger partial charge in [-0.1, -0.05) is 0 Å². The van der Waals surface area contributed by atoms with Gasteiger partial charge >= 0.3 is 51.4 Å². The third-order valence-electron chi connectivity index (χ3n) is 0. The molecule has 0 aromatic heterocycles. The molecule has 0 aliphatic heterocycles. The van der Waals surface area contributed by atoms with Gasteiger partial charge < -0.3 is 36.8 Å². The second-order valence-corrected chi connectivity index (χ2v) is 0.447. The van der Waals surface area contributed by atoms with E-state index in [1.54, 1.807) is 0 Å². The van der Waals surface area contributed by atoms with Crippen LogP contribution < -0.4 is 57.5 Å². The summed E-state index contributed by atoms with van der Waals surface area (Å²) in [5, 5.41) is 29.5. The van der Waals surface area contributed by atoms with Crippen molar-refractivity contribution in [2.45, 2.75) is 0 Å². The van der Waals surface area contributed by atoms with E-state index in [1.165, 1.54) is 0 Å². The molecule has 0 saturated heterocycles. The molecule has 9 nitrogen and oxygen atoms in total. The quantitative estimate of drug-likeness (QED) is 0.235. The second kappa shape index (κ2) is 16.0. The van der Waals surface area contributed by atoms with Crippen LogP contribution in [0.25, 0.3) is 0 Å². The van der Waals surface area contributed by atoms with E-state index in [0.717, 1.165) is 0 Å². The topological polar surface area (TPSA) is 169 Å². The Morgan fingerprint density at radius 3 is 0.800 bits per heavy atom. The summed E-state index contributed by atoms with van der Waals surface area (Å²) in [5.41, 5.74) is 0. The van der Waals surface area contributed by atoms with E-state index in [9.17, 15) is 0 Å². The maximum atomic E-state index is 8.25. The first kappa shape index (κ1) is 22.5. The number of hydrogen-bond donors (Lipinski definition) is 1. The summed E-state index contributed by atoms with van der Waals surface area (Å²) in [7, 11) is 0. The van der Waals surface area contributed by atoms with Gasteiger partial charge in [-0.2, -0.15) is 0 Å². The molecule has 0 aliphatic rings. The van der Waals surface area contributed by atoms with Crippen molar-refractivity contribution in [3.63, 3.8) is 0 Å². The van der Waals surface area contributed by atoms with Crippen LogP contribution in [0.15, 0.2) is 0 Å². The van der Waals surface area contributed by atoms with Crippen LogP contribution in [0, 0.1) is 30.6 Å². The van der Waals surface area contributed by atoms with Gasteiger partial charge in [-0.3, -0.25) is 0 Å². The van der Waals surface area contributed by atoms with Crippen molar-refractivity contribution in [2.75, 3.05) is 0 Å². The largest absolute Gasteiger partial charge is 1.00 e. The molecule has 0 saturated carbocycles. The molecule has 4 N–H and O–H groups in total. The first-order valence-corrected chi connectivity index (χ1v) is 1.10. The minimum atomic E-state index is -1.75. The summed E-state index contributed by atoms with van der Waals surface area (Å²) in [6.07, 6.45) is 0. The first-order valence-electron chi connectivity index (χ1n) is 1.10. The monoisotopic (exact) mass is 181 g/mol. The maximum absolute atomic E-state index is 8.25. The summed E-state index contributed by atoms with van der Waals surface area (Å²) in [5.74, 6) is 0. The van der Waals surface area contributed by atoms with E-state index >= 15 is 0 Å². The van der Waals surface area contributed by atoms with Crippen LogP contribution in [0.4, 0.5) is 0 Å². The Labute approximate surface area is 97.2 Å². The van der Waals surface area contributed by atoms with Crippen molar-refractivity contribution in [3.8, 4) is 0 Å². The standard InChI is InChI=1S/K.2NO3.H3N/c;2*2-1(3)4;/h;;;1H3/q+1;2*-1;/p+1. The van der Waals surface area contributed by atoms with Gasteiger partial charge in [0.2, 0.25) is 0 Å². The van der Waals surface area contributed by atoms with E-state index in [0.29, 0.717) is 0 Å². The van der Waals surface area contributed by atoms with E-state index in [4.69, 9.17) is 30.6 Å². The summed E-state index contributed by atoms with van der Waals surface area (Å²) in [6.45, 7) is 0. The average Bonchev–Trinajstić information content (AvgIpc) is 1.25. The van der Waals surface area contributed by atoms with Crippen LogP contribution in [0.2, 0.25) is 0 Å². The fraction of sp³-hybridized carbons (Fsp3) is 0. The number of hydrogen-bond acceptors (Lipinski definition) is 6. The Bertz CT molecular complexity index is 71.0. The van der Waals surface area contributed by atoms with E-state index < -0.39 is 10.2 Å². The van der Waals surface area contributed by atoms with Gasteiger partial charge in [0.05, 0.1) is 10.2 Å². The number of quaternary nitrogens is 1. The summed E-state index contributed by atoms with van der Waals surface area (Å²) >= 11 is 0. The molecule has 0 unspecified atom stereocenters. The SMILES string of the molecule is O=[N+]([O-])[O-].O=[N+]([O-])[O-].[K+].[NH4+]. The van der Waals surface area contributed by atoms with Crippen molar-refractivity contribution in [1.29, 1.82) is 0 Å². The average molecular weight is 181 g/mol. The van der Waals surface area contributed by atoms with Crippen LogP contribution in [0.3, 0.4) is 0 Å². The van der Waals surface area contributed by atoms with Gasteiger partial charge in [0.25, 0.3) is 0 Å².